The molecule has 4 fully saturated rings. The molecule has 3 aliphatic carbocycles. The van der Waals surface area contributed by atoms with Gasteiger partial charge in [0.1, 0.15) is 12.0 Å². The van der Waals surface area contributed by atoms with Crippen LogP contribution in [0.2, 0.25) is 0 Å². The molecule has 1 aromatic carbocycles. The molecule has 0 spiro atoms. The molecule has 4 aliphatic rings. The summed E-state index contributed by atoms with van der Waals surface area (Å²) in [6.07, 6.45) is 2.78. The van der Waals surface area contributed by atoms with Crippen LogP contribution in [-0.2, 0) is 4.79 Å². The van der Waals surface area contributed by atoms with E-state index in [1.165, 1.54) is 18.3 Å². The summed E-state index contributed by atoms with van der Waals surface area (Å²) in [7, 11) is 0. The summed E-state index contributed by atoms with van der Waals surface area (Å²) in [5.41, 5.74) is 0.642. The van der Waals surface area contributed by atoms with Gasteiger partial charge in [0.15, 0.2) is 0 Å². The van der Waals surface area contributed by atoms with Crippen LogP contribution in [0.15, 0.2) is 42.6 Å². The van der Waals surface area contributed by atoms with Gasteiger partial charge in [-0.25, -0.2) is 13.8 Å². The van der Waals surface area contributed by atoms with Crippen molar-refractivity contribution in [1.82, 2.24) is 9.88 Å². The summed E-state index contributed by atoms with van der Waals surface area (Å²) in [5.74, 6) is 0.00595. The monoisotopic (exact) mass is 409 g/mol. The third kappa shape index (κ3) is 3.02. The van der Waals surface area contributed by atoms with Crippen molar-refractivity contribution < 1.29 is 18.3 Å². The van der Waals surface area contributed by atoms with Crippen LogP contribution in [0.3, 0.4) is 0 Å². The topological polar surface area (TPSA) is 66.2 Å². The van der Waals surface area contributed by atoms with Crippen LogP contribution in [0.5, 0.6) is 5.88 Å². The summed E-state index contributed by atoms with van der Waals surface area (Å²) in [6.45, 7) is 0.513. The highest BCUT2D eigenvalue weighted by Gasteiger charge is 2.72. The van der Waals surface area contributed by atoms with Crippen molar-refractivity contribution in [3.8, 4) is 11.9 Å². The molecular formula is C23H21F2N3O2. The predicted molar refractivity (Wildman–Crippen MR) is 104 cm³/mol. The minimum absolute atomic E-state index is 0.0246. The highest BCUT2D eigenvalue weighted by atomic mass is 19.1. The van der Waals surface area contributed by atoms with Crippen LogP contribution in [0.25, 0.3) is 0 Å². The lowest BCUT2D eigenvalue weighted by atomic mass is 9.35. The van der Waals surface area contributed by atoms with Crippen molar-refractivity contribution >= 4 is 5.91 Å². The number of benzene rings is 1. The molecule has 2 bridgehead atoms. The van der Waals surface area contributed by atoms with Crippen LogP contribution in [0, 0.1) is 28.0 Å². The van der Waals surface area contributed by atoms with E-state index in [0.717, 1.165) is 0 Å². The Balaban J connectivity index is 1.23. The number of amides is 1. The molecule has 1 aromatic heterocycles. The number of likely N-dealkylation sites (tertiary alicyclic amines) is 1. The van der Waals surface area contributed by atoms with Crippen LogP contribution in [-0.4, -0.2) is 35.1 Å². The average Bonchev–Trinajstić information content (AvgIpc) is 3.08. The standard InChI is InChI=1S/C23H21F2N3O2/c24-17-3-1-2-16(7-17)19-8-18(25)10-28(19)21(29)23-11-22(12-23,13-23)14-30-20-6-15(9-26)4-5-27-20/h1-7,18-19H,8,10-14H2. The Morgan fingerprint density at radius 3 is 2.83 bits per heavy atom. The first-order valence-electron chi connectivity index (χ1n) is 10.1. The van der Waals surface area contributed by atoms with Gasteiger partial charge in [-0.3, -0.25) is 4.79 Å². The first-order valence-corrected chi connectivity index (χ1v) is 10.1. The molecular weight excluding hydrogens is 388 g/mol. The van der Waals surface area contributed by atoms with Gasteiger partial charge in [-0.2, -0.15) is 5.26 Å². The molecule has 2 unspecified atom stereocenters. The summed E-state index contributed by atoms with van der Waals surface area (Å²) >= 11 is 0. The average molecular weight is 409 g/mol. The van der Waals surface area contributed by atoms with E-state index in [2.05, 4.69) is 11.1 Å². The number of nitrogens with zero attached hydrogens (tertiary/aromatic N) is 3. The highest BCUT2D eigenvalue weighted by molar-refractivity contribution is 5.87. The first kappa shape index (κ1) is 19.0. The fourth-order valence-corrected chi connectivity index (χ4v) is 5.51. The van der Waals surface area contributed by atoms with Gasteiger partial charge in [-0.05, 0) is 43.0 Å². The maximum Gasteiger partial charge on any atom is 0.229 e. The Hall–Kier alpha value is -3.01. The van der Waals surface area contributed by atoms with Crippen LogP contribution < -0.4 is 4.74 Å². The Morgan fingerprint density at radius 2 is 2.10 bits per heavy atom. The number of rotatable bonds is 5. The van der Waals surface area contributed by atoms with E-state index in [-0.39, 0.29) is 30.1 Å². The number of carbonyl (C=O) groups is 1. The Kier molecular flexibility index (Phi) is 4.28. The van der Waals surface area contributed by atoms with Gasteiger partial charge in [0.05, 0.1) is 36.2 Å². The number of alkyl halides is 1. The van der Waals surface area contributed by atoms with E-state index < -0.39 is 17.6 Å². The van der Waals surface area contributed by atoms with Gasteiger partial charge in [0.25, 0.3) is 0 Å². The molecule has 2 heterocycles. The fourth-order valence-electron chi connectivity index (χ4n) is 5.51. The molecule has 1 amide bonds. The zero-order chi connectivity index (χ0) is 20.9. The van der Waals surface area contributed by atoms with Crippen molar-refractivity contribution in [2.75, 3.05) is 13.2 Å². The maximum atomic E-state index is 14.2. The number of hydrogen-bond acceptors (Lipinski definition) is 4. The van der Waals surface area contributed by atoms with Gasteiger partial charge in [0, 0.05) is 24.1 Å². The molecule has 0 N–H and O–H groups in total. The molecule has 1 aliphatic heterocycles. The number of halogens is 2. The van der Waals surface area contributed by atoms with Gasteiger partial charge >= 0.3 is 0 Å². The van der Waals surface area contributed by atoms with E-state index in [4.69, 9.17) is 10.00 Å². The fraction of sp³-hybridized carbons (Fsp3) is 0.435. The van der Waals surface area contributed by atoms with Crippen molar-refractivity contribution in [2.45, 2.75) is 37.9 Å². The summed E-state index contributed by atoms with van der Waals surface area (Å²) in [5, 5.41) is 8.97. The van der Waals surface area contributed by atoms with Crippen molar-refractivity contribution in [3.05, 3.63) is 59.5 Å². The Bertz CT molecular complexity index is 1030. The number of aromatic nitrogens is 1. The Morgan fingerprint density at radius 1 is 1.30 bits per heavy atom. The van der Waals surface area contributed by atoms with E-state index in [1.54, 1.807) is 29.2 Å². The van der Waals surface area contributed by atoms with Crippen molar-refractivity contribution in [3.63, 3.8) is 0 Å². The van der Waals surface area contributed by atoms with Crippen LogP contribution >= 0.6 is 0 Å². The maximum absolute atomic E-state index is 14.2. The van der Waals surface area contributed by atoms with Gasteiger partial charge < -0.3 is 9.64 Å². The van der Waals surface area contributed by atoms with E-state index >= 15 is 0 Å². The number of carbonyl (C=O) groups excluding carboxylic acids is 1. The molecule has 7 heteroatoms. The normalized spacial score (nSPS) is 31.4. The third-order valence-electron chi connectivity index (χ3n) is 6.73. The summed E-state index contributed by atoms with van der Waals surface area (Å²) in [6, 6.07) is 11.0. The largest absolute Gasteiger partial charge is 0.477 e. The molecule has 154 valence electrons. The van der Waals surface area contributed by atoms with Gasteiger partial charge in [-0.15, -0.1) is 0 Å². The molecule has 30 heavy (non-hydrogen) atoms. The zero-order valence-electron chi connectivity index (χ0n) is 16.4. The lowest BCUT2D eigenvalue weighted by Gasteiger charge is -2.69. The second kappa shape index (κ2) is 6.76. The SMILES string of the molecule is N#Cc1ccnc(OCC23CC(C(=O)N4CC(F)CC4c4cccc(F)c4)(C2)C3)c1. The summed E-state index contributed by atoms with van der Waals surface area (Å²) in [4.78, 5) is 19.0. The molecule has 6 rings (SSSR count). The predicted octanol–water partition coefficient (Wildman–Crippen LogP) is 3.95. The Labute approximate surface area is 173 Å². The van der Waals surface area contributed by atoms with E-state index in [9.17, 15) is 13.6 Å². The minimum atomic E-state index is -1.09. The molecule has 0 radical (unpaired) electrons. The van der Waals surface area contributed by atoms with Crippen LogP contribution in [0.1, 0.15) is 42.9 Å². The highest BCUT2D eigenvalue weighted by Crippen LogP contribution is 2.74. The summed E-state index contributed by atoms with van der Waals surface area (Å²) < 4.78 is 33.6. The molecule has 2 atom stereocenters. The lowest BCUT2D eigenvalue weighted by Crippen LogP contribution is -2.69. The second-order valence-corrected chi connectivity index (χ2v) is 8.96. The van der Waals surface area contributed by atoms with E-state index in [1.807, 2.05) is 0 Å². The minimum Gasteiger partial charge on any atom is -0.477 e. The van der Waals surface area contributed by atoms with Crippen molar-refractivity contribution in [1.29, 1.82) is 5.26 Å². The molecule has 2 aromatic rings. The van der Waals surface area contributed by atoms with Gasteiger partial charge in [-0.1, -0.05) is 12.1 Å². The molecule has 5 nitrogen and oxygen atoms in total. The molecule has 1 saturated heterocycles. The smallest absolute Gasteiger partial charge is 0.229 e. The zero-order valence-corrected chi connectivity index (χ0v) is 16.4. The van der Waals surface area contributed by atoms with Gasteiger partial charge in [0.2, 0.25) is 11.8 Å². The number of pyridine rings is 1. The first-order chi connectivity index (χ1) is 14.4. The lowest BCUT2D eigenvalue weighted by molar-refractivity contribution is -0.226. The number of nitriles is 1. The number of ether oxygens (including phenoxy) is 1. The number of hydrogen-bond donors (Lipinski definition) is 0. The quantitative estimate of drug-likeness (QED) is 0.750. The van der Waals surface area contributed by atoms with E-state index in [0.29, 0.717) is 42.9 Å². The second-order valence-electron chi connectivity index (χ2n) is 8.96. The van der Waals surface area contributed by atoms with Crippen molar-refractivity contribution in [2.24, 2.45) is 10.8 Å². The third-order valence-corrected chi connectivity index (χ3v) is 6.73. The molecule has 3 saturated carbocycles. The van der Waals surface area contributed by atoms with Crippen LogP contribution in [0.4, 0.5) is 8.78 Å².